The topological polar surface area (TPSA) is 43.1 Å². The highest BCUT2D eigenvalue weighted by atomic mass is 16.6. The van der Waals surface area contributed by atoms with Gasteiger partial charge in [0.15, 0.2) is 0 Å². The van der Waals surface area contributed by atoms with Crippen molar-refractivity contribution >= 4 is 16.5 Å². The summed E-state index contributed by atoms with van der Waals surface area (Å²) in [5.74, 6) is 0. The lowest BCUT2D eigenvalue weighted by Gasteiger charge is -2.22. The molecule has 0 radical (unpaired) electrons. The summed E-state index contributed by atoms with van der Waals surface area (Å²) in [5.41, 5.74) is 1.86. The van der Waals surface area contributed by atoms with Crippen LogP contribution in [0.25, 0.3) is 10.8 Å². The standard InChI is InChI=1S/C18H23NO2/c1-17(2,3)13-9-7-12-8-10-15(18(4,5)6)16(19(20)21)14(12)11-13/h7-11H,1-6H3. The Kier molecular flexibility index (Phi) is 3.56. The molecule has 0 bridgehead atoms. The molecule has 3 nitrogen and oxygen atoms in total. The van der Waals surface area contributed by atoms with Crippen LogP contribution in [0.3, 0.4) is 0 Å². The zero-order valence-corrected chi connectivity index (χ0v) is 13.7. The Balaban J connectivity index is 2.87. The summed E-state index contributed by atoms with van der Waals surface area (Å²) in [4.78, 5) is 11.4. The molecule has 21 heavy (non-hydrogen) atoms. The molecule has 0 aliphatic rings. The minimum Gasteiger partial charge on any atom is -0.258 e. The van der Waals surface area contributed by atoms with E-state index in [2.05, 4.69) is 26.8 Å². The molecule has 0 heterocycles. The lowest BCUT2D eigenvalue weighted by atomic mass is 9.82. The third-order valence-corrected chi connectivity index (χ3v) is 3.85. The molecule has 0 saturated carbocycles. The van der Waals surface area contributed by atoms with Crippen molar-refractivity contribution in [3.8, 4) is 0 Å². The van der Waals surface area contributed by atoms with Crippen LogP contribution in [0, 0.1) is 10.1 Å². The molecule has 112 valence electrons. The summed E-state index contributed by atoms with van der Waals surface area (Å²) in [6.07, 6.45) is 0. The van der Waals surface area contributed by atoms with Crippen molar-refractivity contribution in [2.24, 2.45) is 0 Å². The van der Waals surface area contributed by atoms with E-state index in [-0.39, 0.29) is 21.4 Å². The Bertz CT molecular complexity index is 698. The van der Waals surface area contributed by atoms with E-state index < -0.39 is 0 Å². The summed E-state index contributed by atoms with van der Waals surface area (Å²) in [6, 6.07) is 9.88. The molecule has 0 aliphatic heterocycles. The van der Waals surface area contributed by atoms with Gasteiger partial charge in [0.1, 0.15) is 0 Å². The maximum atomic E-state index is 11.6. The Hall–Kier alpha value is -1.90. The first-order chi connectivity index (χ1) is 9.51. The van der Waals surface area contributed by atoms with Gasteiger partial charge < -0.3 is 0 Å². The molecule has 0 N–H and O–H groups in total. The normalized spacial score (nSPS) is 12.7. The van der Waals surface area contributed by atoms with Crippen LogP contribution in [-0.4, -0.2) is 4.92 Å². The molecule has 0 fully saturated rings. The average Bonchev–Trinajstić information content (AvgIpc) is 2.34. The van der Waals surface area contributed by atoms with Crippen LogP contribution in [-0.2, 0) is 10.8 Å². The fourth-order valence-electron chi connectivity index (χ4n) is 2.57. The van der Waals surface area contributed by atoms with Crippen molar-refractivity contribution in [2.45, 2.75) is 52.4 Å². The van der Waals surface area contributed by atoms with E-state index in [1.165, 1.54) is 0 Å². The highest BCUT2D eigenvalue weighted by Gasteiger charge is 2.27. The highest BCUT2D eigenvalue weighted by Crippen LogP contribution is 2.38. The lowest BCUT2D eigenvalue weighted by molar-refractivity contribution is -0.384. The van der Waals surface area contributed by atoms with E-state index >= 15 is 0 Å². The van der Waals surface area contributed by atoms with E-state index in [4.69, 9.17) is 0 Å². The van der Waals surface area contributed by atoms with Crippen LogP contribution in [0.4, 0.5) is 5.69 Å². The molecule has 0 saturated heterocycles. The predicted octanol–water partition coefficient (Wildman–Crippen LogP) is 5.34. The van der Waals surface area contributed by atoms with Gasteiger partial charge in [-0.05, 0) is 27.8 Å². The van der Waals surface area contributed by atoms with Crippen molar-refractivity contribution in [2.75, 3.05) is 0 Å². The monoisotopic (exact) mass is 285 g/mol. The van der Waals surface area contributed by atoms with Gasteiger partial charge in [0.2, 0.25) is 0 Å². The maximum absolute atomic E-state index is 11.6. The van der Waals surface area contributed by atoms with Gasteiger partial charge in [0.25, 0.3) is 5.69 Å². The van der Waals surface area contributed by atoms with Gasteiger partial charge in [-0.2, -0.15) is 0 Å². The smallest absolute Gasteiger partial charge is 0.258 e. The minimum absolute atomic E-state index is 0.0280. The molecule has 0 amide bonds. The van der Waals surface area contributed by atoms with Crippen LogP contribution in [0.2, 0.25) is 0 Å². The van der Waals surface area contributed by atoms with Crippen molar-refractivity contribution in [3.63, 3.8) is 0 Å². The first-order valence-electron chi connectivity index (χ1n) is 7.24. The van der Waals surface area contributed by atoms with Crippen LogP contribution in [0.15, 0.2) is 30.3 Å². The Morgan fingerprint density at radius 3 is 1.95 bits per heavy atom. The van der Waals surface area contributed by atoms with E-state index in [0.29, 0.717) is 0 Å². The van der Waals surface area contributed by atoms with Gasteiger partial charge in [0.05, 0.1) is 10.3 Å². The Morgan fingerprint density at radius 1 is 0.905 bits per heavy atom. The fraction of sp³-hybridized carbons (Fsp3) is 0.444. The summed E-state index contributed by atoms with van der Waals surface area (Å²) in [6.45, 7) is 12.4. The van der Waals surface area contributed by atoms with Gasteiger partial charge in [0, 0.05) is 5.56 Å². The van der Waals surface area contributed by atoms with Gasteiger partial charge >= 0.3 is 0 Å². The number of hydrogen-bond donors (Lipinski definition) is 0. The summed E-state index contributed by atoms with van der Waals surface area (Å²) >= 11 is 0. The number of nitrogens with zero attached hydrogens (tertiary/aromatic N) is 1. The molecule has 2 rings (SSSR count). The first kappa shape index (κ1) is 15.5. The van der Waals surface area contributed by atoms with E-state index in [0.717, 1.165) is 21.9 Å². The van der Waals surface area contributed by atoms with Crippen LogP contribution < -0.4 is 0 Å². The summed E-state index contributed by atoms with van der Waals surface area (Å²) in [7, 11) is 0. The molecule has 0 spiro atoms. The fourth-order valence-corrected chi connectivity index (χ4v) is 2.57. The second kappa shape index (κ2) is 4.83. The van der Waals surface area contributed by atoms with Gasteiger partial charge in [-0.15, -0.1) is 0 Å². The van der Waals surface area contributed by atoms with Crippen molar-refractivity contribution in [1.82, 2.24) is 0 Å². The van der Waals surface area contributed by atoms with Gasteiger partial charge in [-0.25, -0.2) is 0 Å². The molecule has 2 aromatic carbocycles. The quantitative estimate of drug-likeness (QED) is 0.524. The van der Waals surface area contributed by atoms with E-state index in [1.807, 2.05) is 45.0 Å². The van der Waals surface area contributed by atoms with Gasteiger partial charge in [-0.1, -0.05) is 65.8 Å². The summed E-state index contributed by atoms with van der Waals surface area (Å²) in [5, 5.41) is 13.3. The largest absolute Gasteiger partial charge is 0.280 e. The maximum Gasteiger partial charge on any atom is 0.280 e. The zero-order valence-electron chi connectivity index (χ0n) is 13.7. The predicted molar refractivity (Wildman–Crippen MR) is 88.0 cm³/mol. The molecular weight excluding hydrogens is 262 g/mol. The SMILES string of the molecule is CC(C)(C)c1ccc2ccc(C(C)(C)C)c([N+](=O)[O-])c2c1. The molecule has 0 unspecified atom stereocenters. The van der Waals surface area contributed by atoms with E-state index in [9.17, 15) is 10.1 Å². The Labute approximate surface area is 126 Å². The van der Waals surface area contributed by atoms with Crippen LogP contribution >= 0.6 is 0 Å². The second-order valence-electron chi connectivity index (χ2n) is 7.65. The third kappa shape index (κ3) is 2.92. The van der Waals surface area contributed by atoms with Crippen LogP contribution in [0.1, 0.15) is 52.7 Å². The molecular formula is C18H23NO2. The number of nitro benzene ring substituents is 1. The minimum atomic E-state index is -0.256. The molecule has 2 aromatic rings. The van der Waals surface area contributed by atoms with Crippen LogP contribution in [0.5, 0.6) is 0 Å². The zero-order chi connectivity index (χ0) is 16.0. The molecule has 0 aliphatic carbocycles. The van der Waals surface area contributed by atoms with Crippen molar-refractivity contribution in [3.05, 3.63) is 51.6 Å². The number of fused-ring (bicyclic) bond motifs is 1. The second-order valence-corrected chi connectivity index (χ2v) is 7.65. The average molecular weight is 285 g/mol. The molecule has 0 aromatic heterocycles. The lowest BCUT2D eigenvalue weighted by Crippen LogP contribution is -2.14. The number of rotatable bonds is 1. The highest BCUT2D eigenvalue weighted by molar-refractivity contribution is 5.93. The van der Waals surface area contributed by atoms with Gasteiger partial charge in [-0.3, -0.25) is 10.1 Å². The number of hydrogen-bond acceptors (Lipinski definition) is 2. The summed E-state index contributed by atoms with van der Waals surface area (Å²) < 4.78 is 0. The molecule has 3 heteroatoms. The van der Waals surface area contributed by atoms with Crippen molar-refractivity contribution in [1.29, 1.82) is 0 Å². The number of nitro groups is 1. The molecule has 0 atom stereocenters. The third-order valence-electron chi connectivity index (χ3n) is 3.85. The number of benzene rings is 2. The van der Waals surface area contributed by atoms with E-state index in [1.54, 1.807) is 0 Å². The Morgan fingerprint density at radius 2 is 1.48 bits per heavy atom. The first-order valence-corrected chi connectivity index (χ1v) is 7.24. The van der Waals surface area contributed by atoms with Crippen molar-refractivity contribution < 1.29 is 4.92 Å².